The van der Waals surface area contributed by atoms with E-state index in [2.05, 4.69) is 41.5 Å². The van der Waals surface area contributed by atoms with Gasteiger partial charge in [0.25, 0.3) is 0 Å². The molecular formula is C20H20O2S6. The summed E-state index contributed by atoms with van der Waals surface area (Å²) < 4.78 is 2.95. The van der Waals surface area contributed by atoms with Gasteiger partial charge in [0.1, 0.15) is 0 Å². The topological polar surface area (TPSA) is 34.1 Å². The quantitative estimate of drug-likeness (QED) is 0.292. The Bertz CT molecular complexity index is 853. The highest BCUT2D eigenvalue weighted by atomic mass is 32.2. The van der Waals surface area contributed by atoms with Crippen LogP contribution in [0.25, 0.3) is 0 Å². The largest absolute Gasteiger partial charge is 0.298 e. The molecule has 0 atom stereocenters. The summed E-state index contributed by atoms with van der Waals surface area (Å²) in [6, 6.07) is 0. The smallest absolute Gasteiger partial charge is 0.152 e. The van der Waals surface area contributed by atoms with E-state index < -0.39 is 0 Å². The fourth-order valence-electron chi connectivity index (χ4n) is 2.43. The molecular weight excluding hydrogens is 465 g/mol. The summed E-state index contributed by atoms with van der Waals surface area (Å²) in [7, 11) is 0. The first-order chi connectivity index (χ1) is 13.3. The van der Waals surface area contributed by atoms with Gasteiger partial charge in [-0.2, -0.15) is 0 Å². The van der Waals surface area contributed by atoms with E-state index in [1.165, 1.54) is 29.4 Å². The summed E-state index contributed by atoms with van der Waals surface area (Å²) >= 11 is 9.84. The summed E-state index contributed by atoms with van der Waals surface area (Å²) in [5.41, 5.74) is 2.04. The van der Waals surface area contributed by atoms with Crippen LogP contribution in [0.1, 0.15) is 41.5 Å². The SMILES string of the molecule is CC1=C(C)SC(=C(C=O)C(=C2SC(C)=C(C)S2)C(C=O)=C2SC(C)=C(C)S2)S1. The third kappa shape index (κ3) is 4.47. The molecule has 3 aliphatic heterocycles. The Hall–Kier alpha value is -0.120. The van der Waals surface area contributed by atoms with Gasteiger partial charge in [-0.15, -0.1) is 0 Å². The minimum Gasteiger partial charge on any atom is -0.298 e. The average molecular weight is 485 g/mol. The van der Waals surface area contributed by atoms with Crippen LogP contribution in [0.2, 0.25) is 0 Å². The van der Waals surface area contributed by atoms with E-state index >= 15 is 0 Å². The van der Waals surface area contributed by atoms with Gasteiger partial charge in [0, 0.05) is 16.7 Å². The molecule has 0 aromatic rings. The Labute approximate surface area is 192 Å². The Balaban J connectivity index is 2.19. The molecule has 0 aliphatic carbocycles. The summed E-state index contributed by atoms with van der Waals surface area (Å²) in [6.45, 7) is 12.5. The molecule has 0 saturated carbocycles. The van der Waals surface area contributed by atoms with E-state index in [1.807, 2.05) is 0 Å². The van der Waals surface area contributed by atoms with Crippen molar-refractivity contribution in [2.75, 3.05) is 0 Å². The lowest BCUT2D eigenvalue weighted by Gasteiger charge is -2.15. The molecule has 0 N–H and O–H groups in total. The molecule has 0 bridgehead atoms. The van der Waals surface area contributed by atoms with Gasteiger partial charge < -0.3 is 0 Å². The monoisotopic (exact) mass is 484 g/mol. The van der Waals surface area contributed by atoms with Crippen LogP contribution in [0.4, 0.5) is 0 Å². The molecule has 0 aromatic heterocycles. The van der Waals surface area contributed by atoms with E-state index in [0.717, 1.165) is 30.9 Å². The van der Waals surface area contributed by atoms with Crippen molar-refractivity contribution in [2.45, 2.75) is 41.5 Å². The highest BCUT2D eigenvalue weighted by Crippen LogP contribution is 2.58. The number of aldehydes is 2. The number of hydrogen-bond acceptors (Lipinski definition) is 8. The lowest BCUT2D eigenvalue weighted by atomic mass is 10.0. The first-order valence-electron chi connectivity index (χ1n) is 8.50. The average Bonchev–Trinajstić information content (AvgIpc) is 3.27. The number of carbonyl (C=O) groups excluding carboxylic acids is 2. The molecule has 148 valence electrons. The second-order valence-corrected chi connectivity index (χ2v) is 14.4. The van der Waals surface area contributed by atoms with Crippen molar-refractivity contribution >= 4 is 83.1 Å². The first-order valence-corrected chi connectivity index (χ1v) is 13.4. The summed E-state index contributed by atoms with van der Waals surface area (Å²) in [4.78, 5) is 31.9. The van der Waals surface area contributed by atoms with Crippen LogP contribution in [-0.2, 0) is 9.59 Å². The molecule has 8 heteroatoms. The maximum absolute atomic E-state index is 12.3. The molecule has 28 heavy (non-hydrogen) atoms. The number of carbonyl (C=O) groups is 2. The fourth-order valence-corrected chi connectivity index (χ4v) is 10.1. The van der Waals surface area contributed by atoms with Crippen molar-refractivity contribution < 1.29 is 9.59 Å². The summed E-state index contributed by atoms with van der Waals surface area (Å²) in [5.74, 6) is 0. The van der Waals surface area contributed by atoms with E-state index in [0.29, 0.717) is 11.1 Å². The number of rotatable bonds is 4. The highest BCUT2D eigenvalue weighted by molar-refractivity contribution is 8.29. The first kappa shape index (κ1) is 22.6. The maximum atomic E-state index is 12.3. The summed E-state index contributed by atoms with van der Waals surface area (Å²) in [6.07, 6.45) is 1.85. The van der Waals surface area contributed by atoms with Gasteiger partial charge in [-0.25, -0.2) is 0 Å². The number of thioether (sulfide) groups is 6. The normalized spacial score (nSPS) is 20.0. The van der Waals surface area contributed by atoms with Gasteiger partial charge >= 0.3 is 0 Å². The van der Waals surface area contributed by atoms with Crippen molar-refractivity contribution in [3.63, 3.8) is 0 Å². The van der Waals surface area contributed by atoms with Crippen molar-refractivity contribution in [3.05, 3.63) is 58.9 Å². The number of allylic oxidation sites excluding steroid dienone is 9. The zero-order valence-electron chi connectivity index (χ0n) is 16.4. The zero-order chi connectivity index (χ0) is 20.6. The zero-order valence-corrected chi connectivity index (χ0v) is 21.3. The highest BCUT2D eigenvalue weighted by Gasteiger charge is 2.31. The van der Waals surface area contributed by atoms with Crippen LogP contribution in [0, 0.1) is 0 Å². The Morgan fingerprint density at radius 2 is 0.750 bits per heavy atom. The van der Waals surface area contributed by atoms with Crippen LogP contribution >= 0.6 is 70.6 Å². The van der Waals surface area contributed by atoms with Crippen LogP contribution in [0.15, 0.2) is 58.9 Å². The molecule has 0 unspecified atom stereocenters. The van der Waals surface area contributed by atoms with Gasteiger partial charge in [-0.3, -0.25) is 9.59 Å². The van der Waals surface area contributed by atoms with Gasteiger partial charge in [-0.05, 0) is 71.0 Å². The van der Waals surface area contributed by atoms with Gasteiger partial charge in [0.2, 0.25) is 0 Å². The van der Waals surface area contributed by atoms with Crippen LogP contribution < -0.4 is 0 Å². The molecule has 0 fully saturated rings. The minimum absolute atomic E-state index is 0.627. The Morgan fingerprint density at radius 3 is 1.00 bits per heavy atom. The second-order valence-electron chi connectivity index (χ2n) is 6.25. The summed E-state index contributed by atoms with van der Waals surface area (Å²) in [5, 5.41) is 0. The van der Waals surface area contributed by atoms with Crippen LogP contribution in [0.3, 0.4) is 0 Å². The van der Waals surface area contributed by atoms with Crippen molar-refractivity contribution in [3.8, 4) is 0 Å². The Morgan fingerprint density at radius 1 is 0.500 bits per heavy atom. The molecule has 3 rings (SSSR count). The number of hydrogen-bond donors (Lipinski definition) is 0. The molecule has 3 aliphatic rings. The predicted molar refractivity (Wildman–Crippen MR) is 134 cm³/mol. The maximum Gasteiger partial charge on any atom is 0.152 e. The van der Waals surface area contributed by atoms with E-state index in [-0.39, 0.29) is 0 Å². The van der Waals surface area contributed by atoms with Crippen LogP contribution in [0.5, 0.6) is 0 Å². The predicted octanol–water partition coefficient (Wildman–Crippen LogP) is 8.21. The second kappa shape index (κ2) is 9.35. The van der Waals surface area contributed by atoms with Crippen molar-refractivity contribution in [1.29, 1.82) is 0 Å². The van der Waals surface area contributed by atoms with Crippen molar-refractivity contribution in [1.82, 2.24) is 0 Å². The molecule has 0 spiro atoms. The van der Waals surface area contributed by atoms with Gasteiger partial charge in [0.05, 0.1) is 12.7 Å². The van der Waals surface area contributed by atoms with Gasteiger partial charge in [0.15, 0.2) is 12.6 Å². The third-order valence-electron chi connectivity index (χ3n) is 4.38. The molecule has 2 nitrogen and oxygen atoms in total. The van der Waals surface area contributed by atoms with Crippen molar-refractivity contribution in [2.24, 2.45) is 0 Å². The minimum atomic E-state index is 0.627. The molecule has 0 aromatic carbocycles. The van der Waals surface area contributed by atoms with Crippen LogP contribution in [-0.4, -0.2) is 12.6 Å². The Kier molecular flexibility index (Phi) is 7.53. The van der Waals surface area contributed by atoms with E-state index in [9.17, 15) is 9.59 Å². The third-order valence-corrected chi connectivity index (χ3v) is 12.3. The van der Waals surface area contributed by atoms with Gasteiger partial charge in [-0.1, -0.05) is 70.6 Å². The molecule has 0 amide bonds. The molecule has 3 heterocycles. The lowest BCUT2D eigenvalue weighted by Crippen LogP contribution is -2.02. The standard InChI is InChI=1S/C20H20O2S6/c1-9-10(2)24-18(23-9)15(7-21)17(20-27-13(5)14(6)28-20)16(8-22)19-25-11(3)12(4)26-19/h7-8H,1-6H3. The lowest BCUT2D eigenvalue weighted by molar-refractivity contribution is -0.104. The van der Waals surface area contributed by atoms with E-state index in [1.54, 1.807) is 70.6 Å². The van der Waals surface area contributed by atoms with E-state index in [4.69, 9.17) is 0 Å². The molecule has 0 saturated heterocycles. The molecule has 0 radical (unpaired) electrons. The fraction of sp³-hybridized carbons (Fsp3) is 0.300.